The summed E-state index contributed by atoms with van der Waals surface area (Å²) in [4.78, 5) is 2.63. The molecule has 1 saturated heterocycles. The third kappa shape index (κ3) is 4.01. The van der Waals surface area contributed by atoms with Gasteiger partial charge >= 0.3 is 0 Å². The molecule has 6 heteroatoms. The normalized spacial score (nSPS) is 22.8. The summed E-state index contributed by atoms with van der Waals surface area (Å²) in [5, 5.41) is 0. The standard InChI is InChI=1S/C25H33NO5/c1-27-21-10-9-16(11-22(21)28-2)14-26-15-19(18-7-6-8-20(18)26)17-12-23(29-3)25(31-5)24(13-17)30-4/h9-13,18-20H,6-8,14-15H2,1-5H3/t18-,19+,20+/m0/s1. The van der Waals surface area contributed by atoms with E-state index in [4.69, 9.17) is 23.7 Å². The van der Waals surface area contributed by atoms with Crippen LogP contribution in [0.4, 0.5) is 0 Å². The lowest BCUT2D eigenvalue weighted by molar-refractivity contribution is 0.232. The van der Waals surface area contributed by atoms with Crippen LogP contribution in [0.2, 0.25) is 0 Å². The van der Waals surface area contributed by atoms with Gasteiger partial charge in [-0.25, -0.2) is 0 Å². The fourth-order valence-corrected chi connectivity index (χ4v) is 5.48. The van der Waals surface area contributed by atoms with Crippen LogP contribution in [-0.2, 0) is 6.54 Å². The lowest BCUT2D eigenvalue weighted by Crippen LogP contribution is -2.29. The number of hydrogen-bond acceptors (Lipinski definition) is 6. The van der Waals surface area contributed by atoms with Gasteiger partial charge in [0.1, 0.15) is 0 Å². The second-order valence-corrected chi connectivity index (χ2v) is 8.35. The summed E-state index contributed by atoms with van der Waals surface area (Å²) in [6.45, 7) is 1.92. The van der Waals surface area contributed by atoms with Crippen molar-refractivity contribution in [2.24, 2.45) is 5.92 Å². The SMILES string of the molecule is COc1ccc(CN2C[C@H](c3cc(OC)c(OC)c(OC)c3)[C@@H]3CCC[C@H]32)cc1OC. The molecule has 0 unspecified atom stereocenters. The Morgan fingerprint density at radius 2 is 1.45 bits per heavy atom. The van der Waals surface area contributed by atoms with Crippen molar-refractivity contribution >= 4 is 0 Å². The first-order valence-electron chi connectivity index (χ1n) is 10.9. The minimum absolute atomic E-state index is 0.446. The molecule has 2 aliphatic rings. The fraction of sp³-hybridized carbons (Fsp3) is 0.520. The lowest BCUT2D eigenvalue weighted by Gasteiger charge is -2.23. The van der Waals surface area contributed by atoms with Crippen LogP contribution in [0.15, 0.2) is 30.3 Å². The molecular weight excluding hydrogens is 394 g/mol. The van der Waals surface area contributed by atoms with Crippen LogP contribution < -0.4 is 23.7 Å². The number of benzene rings is 2. The first kappa shape index (κ1) is 21.6. The van der Waals surface area contributed by atoms with E-state index in [0.29, 0.717) is 23.6 Å². The van der Waals surface area contributed by atoms with E-state index in [9.17, 15) is 0 Å². The lowest BCUT2D eigenvalue weighted by atomic mass is 9.86. The van der Waals surface area contributed by atoms with E-state index in [-0.39, 0.29) is 0 Å². The van der Waals surface area contributed by atoms with E-state index in [1.54, 1.807) is 35.5 Å². The molecule has 2 aromatic rings. The van der Waals surface area contributed by atoms with Gasteiger partial charge in [-0.3, -0.25) is 4.90 Å². The number of fused-ring (bicyclic) bond motifs is 1. The maximum absolute atomic E-state index is 5.62. The van der Waals surface area contributed by atoms with Crippen molar-refractivity contribution in [3.63, 3.8) is 0 Å². The molecule has 1 aliphatic heterocycles. The highest BCUT2D eigenvalue weighted by Crippen LogP contribution is 2.49. The van der Waals surface area contributed by atoms with Crippen LogP contribution in [0.1, 0.15) is 36.3 Å². The van der Waals surface area contributed by atoms with Crippen molar-refractivity contribution < 1.29 is 23.7 Å². The highest BCUT2D eigenvalue weighted by molar-refractivity contribution is 5.55. The molecule has 0 radical (unpaired) electrons. The van der Waals surface area contributed by atoms with E-state index in [1.807, 2.05) is 6.07 Å². The number of rotatable bonds is 8. The zero-order chi connectivity index (χ0) is 22.0. The molecule has 1 heterocycles. The average Bonchev–Trinajstić information content (AvgIpc) is 3.41. The minimum atomic E-state index is 0.446. The molecule has 3 atom stereocenters. The first-order valence-corrected chi connectivity index (χ1v) is 10.9. The Labute approximate surface area is 185 Å². The van der Waals surface area contributed by atoms with Gasteiger partial charge in [-0.15, -0.1) is 0 Å². The van der Waals surface area contributed by atoms with Crippen molar-refractivity contribution in [3.05, 3.63) is 41.5 Å². The first-order chi connectivity index (χ1) is 15.1. The van der Waals surface area contributed by atoms with Crippen molar-refractivity contribution in [3.8, 4) is 28.7 Å². The molecule has 1 aliphatic carbocycles. The molecule has 4 rings (SSSR count). The largest absolute Gasteiger partial charge is 0.493 e. The van der Waals surface area contributed by atoms with Gasteiger partial charge in [-0.2, -0.15) is 0 Å². The third-order valence-corrected chi connectivity index (χ3v) is 6.90. The monoisotopic (exact) mass is 427 g/mol. The molecule has 0 N–H and O–H groups in total. The Balaban J connectivity index is 1.61. The molecule has 0 spiro atoms. The van der Waals surface area contributed by atoms with E-state index in [1.165, 1.54) is 30.4 Å². The highest BCUT2D eigenvalue weighted by Gasteiger charge is 2.45. The second-order valence-electron chi connectivity index (χ2n) is 8.35. The summed E-state index contributed by atoms with van der Waals surface area (Å²) >= 11 is 0. The maximum atomic E-state index is 5.62. The topological polar surface area (TPSA) is 49.4 Å². The van der Waals surface area contributed by atoms with E-state index >= 15 is 0 Å². The smallest absolute Gasteiger partial charge is 0.203 e. The van der Waals surface area contributed by atoms with Crippen LogP contribution in [0.3, 0.4) is 0 Å². The van der Waals surface area contributed by atoms with Crippen LogP contribution in [0.25, 0.3) is 0 Å². The predicted octanol–water partition coefficient (Wildman–Crippen LogP) is 4.50. The van der Waals surface area contributed by atoms with Crippen molar-refractivity contribution in [1.29, 1.82) is 0 Å². The molecule has 168 valence electrons. The Hall–Kier alpha value is -2.60. The quantitative estimate of drug-likeness (QED) is 0.618. The molecule has 0 aromatic heterocycles. The Morgan fingerprint density at radius 1 is 0.774 bits per heavy atom. The molecule has 0 bridgehead atoms. The predicted molar refractivity (Wildman–Crippen MR) is 120 cm³/mol. The van der Waals surface area contributed by atoms with Gasteiger partial charge in [-0.05, 0) is 54.2 Å². The highest BCUT2D eigenvalue weighted by atomic mass is 16.5. The van der Waals surface area contributed by atoms with E-state index in [2.05, 4.69) is 29.2 Å². The Bertz CT molecular complexity index is 890. The summed E-state index contributed by atoms with van der Waals surface area (Å²) in [6, 6.07) is 11.1. The molecule has 0 amide bonds. The molecular formula is C25H33NO5. The summed E-state index contributed by atoms with van der Waals surface area (Å²) in [5.74, 6) is 4.74. The number of likely N-dealkylation sites (tertiary alicyclic amines) is 1. The third-order valence-electron chi connectivity index (χ3n) is 6.90. The van der Waals surface area contributed by atoms with Crippen molar-refractivity contribution in [2.45, 2.75) is 37.8 Å². The van der Waals surface area contributed by atoms with E-state index in [0.717, 1.165) is 36.1 Å². The van der Waals surface area contributed by atoms with Crippen LogP contribution in [-0.4, -0.2) is 53.0 Å². The number of methoxy groups -OCH3 is 5. The zero-order valence-electron chi connectivity index (χ0n) is 19.1. The Morgan fingerprint density at radius 3 is 2.06 bits per heavy atom. The molecule has 31 heavy (non-hydrogen) atoms. The van der Waals surface area contributed by atoms with Gasteiger partial charge in [0.2, 0.25) is 5.75 Å². The summed E-state index contributed by atoms with van der Waals surface area (Å²) in [6.07, 6.45) is 3.78. The van der Waals surface area contributed by atoms with Crippen molar-refractivity contribution in [1.82, 2.24) is 4.90 Å². The number of nitrogens with zero attached hydrogens (tertiary/aromatic N) is 1. The van der Waals surface area contributed by atoms with Gasteiger partial charge in [0, 0.05) is 25.0 Å². The van der Waals surface area contributed by atoms with Gasteiger partial charge < -0.3 is 23.7 Å². The molecule has 6 nitrogen and oxygen atoms in total. The van der Waals surface area contributed by atoms with Gasteiger partial charge in [0.25, 0.3) is 0 Å². The minimum Gasteiger partial charge on any atom is -0.493 e. The maximum Gasteiger partial charge on any atom is 0.203 e. The second kappa shape index (κ2) is 9.27. The summed E-state index contributed by atoms with van der Waals surface area (Å²) < 4.78 is 27.7. The van der Waals surface area contributed by atoms with Crippen LogP contribution in [0.5, 0.6) is 28.7 Å². The van der Waals surface area contributed by atoms with Crippen LogP contribution >= 0.6 is 0 Å². The Kier molecular flexibility index (Phi) is 6.46. The van der Waals surface area contributed by atoms with Gasteiger partial charge in [0.15, 0.2) is 23.0 Å². The van der Waals surface area contributed by atoms with Gasteiger partial charge in [-0.1, -0.05) is 12.5 Å². The number of hydrogen-bond donors (Lipinski definition) is 0. The molecule has 1 saturated carbocycles. The molecule has 2 fully saturated rings. The van der Waals surface area contributed by atoms with E-state index < -0.39 is 0 Å². The van der Waals surface area contributed by atoms with Crippen molar-refractivity contribution in [2.75, 3.05) is 42.1 Å². The molecule has 2 aromatic carbocycles. The number of ether oxygens (including phenoxy) is 5. The average molecular weight is 428 g/mol. The van der Waals surface area contributed by atoms with Crippen LogP contribution in [0, 0.1) is 5.92 Å². The summed E-state index contributed by atoms with van der Waals surface area (Å²) in [7, 11) is 8.36. The summed E-state index contributed by atoms with van der Waals surface area (Å²) in [5.41, 5.74) is 2.51. The zero-order valence-corrected chi connectivity index (χ0v) is 19.1. The van der Waals surface area contributed by atoms with Gasteiger partial charge in [0.05, 0.1) is 35.5 Å². The fourth-order valence-electron chi connectivity index (χ4n) is 5.48.